The molecule has 0 atom stereocenters. The Labute approximate surface area is 126 Å². The van der Waals surface area contributed by atoms with E-state index in [4.69, 9.17) is 0 Å². The summed E-state index contributed by atoms with van der Waals surface area (Å²) in [6.45, 7) is 9.96. The Hall–Kier alpha value is -1.24. The molecule has 4 nitrogen and oxygen atoms in total. The number of sulfonamides is 1. The fourth-order valence-electron chi connectivity index (χ4n) is 1.86. The highest BCUT2D eigenvalue weighted by Crippen LogP contribution is 2.21. The Bertz CT molecular complexity index is 612. The Kier molecular flexibility index (Phi) is 6.07. The third-order valence-electron chi connectivity index (χ3n) is 2.91. The predicted octanol–water partition coefficient (Wildman–Crippen LogP) is 2.52. The SMILES string of the molecule is C=C(C)CN(C)S(=O)(=O)c1cc(F)ccc1CNC(C)C. The second-order valence-electron chi connectivity index (χ2n) is 5.51. The van der Waals surface area contributed by atoms with Gasteiger partial charge in [0.25, 0.3) is 0 Å². The van der Waals surface area contributed by atoms with Crippen LogP contribution in [-0.4, -0.2) is 32.4 Å². The van der Waals surface area contributed by atoms with Crippen LogP contribution in [0.3, 0.4) is 0 Å². The van der Waals surface area contributed by atoms with Crippen molar-refractivity contribution in [3.8, 4) is 0 Å². The van der Waals surface area contributed by atoms with Crippen LogP contribution in [0.1, 0.15) is 26.3 Å². The summed E-state index contributed by atoms with van der Waals surface area (Å²) in [4.78, 5) is -0.000556. The third-order valence-corrected chi connectivity index (χ3v) is 4.80. The molecule has 1 aromatic carbocycles. The van der Waals surface area contributed by atoms with Crippen molar-refractivity contribution in [2.45, 2.75) is 38.3 Å². The van der Waals surface area contributed by atoms with Gasteiger partial charge < -0.3 is 5.32 Å². The van der Waals surface area contributed by atoms with Crippen LogP contribution in [0.25, 0.3) is 0 Å². The van der Waals surface area contributed by atoms with Crippen LogP contribution in [0.2, 0.25) is 0 Å². The first-order valence-corrected chi connectivity index (χ1v) is 8.21. The quantitative estimate of drug-likeness (QED) is 0.787. The van der Waals surface area contributed by atoms with Gasteiger partial charge in [-0.15, -0.1) is 0 Å². The minimum Gasteiger partial charge on any atom is -0.310 e. The van der Waals surface area contributed by atoms with E-state index in [-0.39, 0.29) is 17.5 Å². The number of nitrogens with one attached hydrogen (secondary N) is 1. The standard InChI is InChI=1S/C15H23FN2O2S/c1-11(2)10-18(5)21(19,20)15-8-14(16)7-6-13(15)9-17-12(3)4/h6-8,12,17H,1,9-10H2,2-5H3. The molecule has 0 heterocycles. The van der Waals surface area contributed by atoms with E-state index in [0.717, 1.165) is 11.6 Å². The fraction of sp³-hybridized carbons (Fsp3) is 0.467. The average molecular weight is 314 g/mol. The smallest absolute Gasteiger partial charge is 0.243 e. The molecule has 0 saturated carbocycles. The van der Waals surface area contributed by atoms with Gasteiger partial charge in [-0.3, -0.25) is 0 Å². The van der Waals surface area contributed by atoms with Crippen LogP contribution in [-0.2, 0) is 16.6 Å². The molecule has 21 heavy (non-hydrogen) atoms. The summed E-state index contributed by atoms with van der Waals surface area (Å²) in [6.07, 6.45) is 0. The number of hydrogen-bond acceptors (Lipinski definition) is 3. The topological polar surface area (TPSA) is 49.4 Å². The molecule has 0 bridgehead atoms. The molecular formula is C15H23FN2O2S. The van der Waals surface area contributed by atoms with Gasteiger partial charge in [-0.25, -0.2) is 12.8 Å². The molecule has 0 unspecified atom stereocenters. The van der Waals surface area contributed by atoms with Crippen LogP contribution in [0.5, 0.6) is 0 Å². The molecule has 0 saturated heterocycles. The summed E-state index contributed by atoms with van der Waals surface area (Å²) in [6, 6.07) is 4.06. The number of rotatable bonds is 7. The van der Waals surface area contributed by atoms with Gasteiger partial charge in [-0.05, 0) is 24.6 Å². The fourth-order valence-corrected chi connectivity index (χ4v) is 3.32. The van der Waals surface area contributed by atoms with Crippen LogP contribution in [0.4, 0.5) is 4.39 Å². The average Bonchev–Trinajstić information content (AvgIpc) is 2.36. The Morgan fingerprint density at radius 2 is 2.05 bits per heavy atom. The van der Waals surface area contributed by atoms with Crippen molar-refractivity contribution in [3.05, 3.63) is 41.7 Å². The van der Waals surface area contributed by atoms with Crippen LogP contribution < -0.4 is 5.32 Å². The van der Waals surface area contributed by atoms with E-state index in [2.05, 4.69) is 11.9 Å². The van der Waals surface area contributed by atoms with Gasteiger partial charge >= 0.3 is 0 Å². The molecule has 0 fully saturated rings. The maximum atomic E-state index is 13.5. The van der Waals surface area contributed by atoms with E-state index in [1.165, 1.54) is 23.5 Å². The minimum absolute atomic E-state index is 0.000556. The highest BCUT2D eigenvalue weighted by Gasteiger charge is 2.24. The Balaban J connectivity index is 3.20. The lowest BCUT2D eigenvalue weighted by Gasteiger charge is -2.20. The Morgan fingerprint density at radius 3 is 2.57 bits per heavy atom. The molecule has 0 spiro atoms. The molecule has 6 heteroatoms. The predicted molar refractivity (Wildman–Crippen MR) is 83.0 cm³/mol. The second-order valence-corrected chi connectivity index (χ2v) is 7.52. The van der Waals surface area contributed by atoms with Crippen LogP contribution in [0.15, 0.2) is 35.2 Å². The molecule has 1 rings (SSSR count). The molecule has 0 aliphatic carbocycles. The normalized spacial score (nSPS) is 12.1. The number of halogens is 1. The van der Waals surface area contributed by atoms with E-state index in [0.29, 0.717) is 12.1 Å². The van der Waals surface area contributed by atoms with Crippen molar-refractivity contribution in [3.63, 3.8) is 0 Å². The van der Waals surface area contributed by atoms with Gasteiger partial charge in [0.1, 0.15) is 5.82 Å². The molecule has 0 aliphatic rings. The zero-order valence-corrected chi connectivity index (χ0v) is 13.8. The molecule has 118 valence electrons. The molecule has 0 radical (unpaired) electrons. The lowest BCUT2D eigenvalue weighted by molar-refractivity contribution is 0.489. The highest BCUT2D eigenvalue weighted by atomic mass is 32.2. The maximum Gasteiger partial charge on any atom is 0.243 e. The first-order valence-electron chi connectivity index (χ1n) is 6.77. The first-order chi connectivity index (χ1) is 9.64. The van der Waals surface area contributed by atoms with E-state index >= 15 is 0 Å². The zero-order valence-electron chi connectivity index (χ0n) is 13.0. The summed E-state index contributed by atoms with van der Waals surface area (Å²) in [7, 11) is -2.28. The summed E-state index contributed by atoms with van der Waals surface area (Å²) in [5.41, 5.74) is 1.28. The van der Waals surface area contributed by atoms with E-state index in [9.17, 15) is 12.8 Å². The Morgan fingerprint density at radius 1 is 1.43 bits per heavy atom. The molecule has 0 aromatic heterocycles. The van der Waals surface area contributed by atoms with Crippen molar-refractivity contribution >= 4 is 10.0 Å². The summed E-state index contributed by atoms with van der Waals surface area (Å²) in [5, 5.41) is 3.15. The minimum atomic E-state index is -3.74. The van der Waals surface area contributed by atoms with Gasteiger partial charge in [0.15, 0.2) is 0 Å². The van der Waals surface area contributed by atoms with Crippen molar-refractivity contribution in [2.24, 2.45) is 0 Å². The van der Waals surface area contributed by atoms with Crippen molar-refractivity contribution in [1.29, 1.82) is 0 Å². The molecule has 0 amide bonds. The zero-order chi connectivity index (χ0) is 16.2. The van der Waals surface area contributed by atoms with Crippen molar-refractivity contribution in [2.75, 3.05) is 13.6 Å². The second kappa shape index (κ2) is 7.15. The third kappa shape index (κ3) is 4.91. The first kappa shape index (κ1) is 17.8. The van der Waals surface area contributed by atoms with Gasteiger partial charge in [0.2, 0.25) is 10.0 Å². The van der Waals surface area contributed by atoms with E-state index in [1.807, 2.05) is 13.8 Å². The summed E-state index contributed by atoms with van der Waals surface area (Å²) >= 11 is 0. The molecule has 1 N–H and O–H groups in total. The number of benzene rings is 1. The van der Waals surface area contributed by atoms with Gasteiger partial charge in [-0.1, -0.05) is 32.1 Å². The monoisotopic (exact) mass is 314 g/mol. The van der Waals surface area contributed by atoms with Gasteiger partial charge in [0, 0.05) is 26.2 Å². The van der Waals surface area contributed by atoms with Crippen molar-refractivity contribution < 1.29 is 12.8 Å². The lowest BCUT2D eigenvalue weighted by Crippen LogP contribution is -2.30. The highest BCUT2D eigenvalue weighted by molar-refractivity contribution is 7.89. The van der Waals surface area contributed by atoms with E-state index < -0.39 is 15.8 Å². The molecular weight excluding hydrogens is 291 g/mol. The van der Waals surface area contributed by atoms with E-state index in [1.54, 1.807) is 6.92 Å². The summed E-state index contributed by atoms with van der Waals surface area (Å²) in [5.74, 6) is -0.564. The van der Waals surface area contributed by atoms with Gasteiger partial charge in [0.05, 0.1) is 4.90 Å². The van der Waals surface area contributed by atoms with Gasteiger partial charge in [-0.2, -0.15) is 4.31 Å². The number of hydrogen-bond donors (Lipinski definition) is 1. The lowest BCUT2D eigenvalue weighted by atomic mass is 10.2. The molecule has 1 aromatic rings. The summed E-state index contributed by atoms with van der Waals surface area (Å²) < 4.78 is 39.8. The molecule has 0 aliphatic heterocycles. The van der Waals surface area contributed by atoms with Crippen molar-refractivity contribution in [1.82, 2.24) is 9.62 Å². The largest absolute Gasteiger partial charge is 0.310 e. The van der Waals surface area contributed by atoms with Crippen LogP contribution in [0, 0.1) is 5.82 Å². The van der Waals surface area contributed by atoms with Crippen LogP contribution >= 0.6 is 0 Å². The maximum absolute atomic E-state index is 13.5. The number of nitrogens with zero attached hydrogens (tertiary/aromatic N) is 1. The number of likely N-dealkylation sites (N-methyl/N-ethyl adjacent to an activating group) is 1.